The molecule has 1 unspecified atom stereocenters. The second-order valence-electron chi connectivity index (χ2n) is 6.70. The second-order valence-corrected chi connectivity index (χ2v) is 6.70. The molecule has 0 fully saturated rings. The van der Waals surface area contributed by atoms with Crippen molar-refractivity contribution in [1.29, 1.82) is 0 Å². The van der Waals surface area contributed by atoms with Crippen LogP contribution in [0.5, 0.6) is 0 Å². The maximum Gasteiger partial charge on any atom is 0.416 e. The van der Waals surface area contributed by atoms with Crippen LogP contribution in [0.3, 0.4) is 0 Å². The van der Waals surface area contributed by atoms with E-state index in [0.29, 0.717) is 5.56 Å². The van der Waals surface area contributed by atoms with E-state index in [1.54, 1.807) is 34.6 Å². The fourth-order valence-electron chi connectivity index (χ4n) is 1.89. The largest absolute Gasteiger partial charge is 0.444 e. The van der Waals surface area contributed by atoms with E-state index in [0.717, 1.165) is 12.1 Å². The minimum atomic E-state index is -4.45. The predicted molar refractivity (Wildman–Crippen MR) is 84.6 cm³/mol. The summed E-state index contributed by atoms with van der Waals surface area (Å²) in [6.45, 7) is 8.76. The first kappa shape index (κ1) is 20.3. The molecule has 0 heterocycles. The van der Waals surface area contributed by atoms with Crippen molar-refractivity contribution in [2.24, 2.45) is 0 Å². The molecule has 1 aromatic carbocycles. The van der Waals surface area contributed by atoms with E-state index in [-0.39, 0.29) is 12.7 Å². The molecule has 0 radical (unpaired) electrons. The van der Waals surface area contributed by atoms with Crippen molar-refractivity contribution in [3.05, 3.63) is 35.4 Å². The summed E-state index contributed by atoms with van der Waals surface area (Å²) in [4.78, 5) is 12.0. The molecule has 1 rings (SSSR count). The summed E-state index contributed by atoms with van der Waals surface area (Å²) in [6.07, 6.45) is -5.29. The number of amides is 1. The normalized spacial score (nSPS) is 13.7. The Morgan fingerprint density at radius 3 is 2.33 bits per heavy atom. The van der Waals surface area contributed by atoms with Crippen LogP contribution in [-0.4, -0.2) is 24.4 Å². The molecule has 1 atom stereocenters. The van der Waals surface area contributed by atoms with Crippen molar-refractivity contribution >= 4 is 6.09 Å². The number of benzene rings is 1. The molecule has 1 N–H and O–H groups in total. The monoisotopic (exact) mass is 347 g/mol. The molecule has 0 saturated heterocycles. The molecule has 0 aliphatic carbocycles. The number of carbonyl (C=O) groups is 1. The van der Waals surface area contributed by atoms with Gasteiger partial charge in [0.15, 0.2) is 0 Å². The van der Waals surface area contributed by atoms with Crippen LogP contribution in [0.2, 0.25) is 0 Å². The van der Waals surface area contributed by atoms with Gasteiger partial charge in [-0.05, 0) is 52.3 Å². The average molecular weight is 347 g/mol. The molecule has 4 nitrogen and oxygen atoms in total. The van der Waals surface area contributed by atoms with Gasteiger partial charge in [-0.1, -0.05) is 12.1 Å². The maximum atomic E-state index is 12.9. The number of ether oxygens (including phenoxy) is 2. The number of hydrogen-bond donors (Lipinski definition) is 1. The van der Waals surface area contributed by atoms with Crippen LogP contribution >= 0.6 is 0 Å². The van der Waals surface area contributed by atoms with Gasteiger partial charge in [0.25, 0.3) is 0 Å². The third-order valence-corrected chi connectivity index (χ3v) is 2.90. The molecule has 0 spiro atoms. The number of alkyl halides is 3. The number of halogens is 3. The highest BCUT2D eigenvalue weighted by atomic mass is 19.4. The fraction of sp³-hybridized carbons (Fsp3) is 0.588. The number of alkyl carbamates (subject to hydrolysis) is 1. The predicted octanol–water partition coefficient (Wildman–Crippen LogP) is 4.70. The molecule has 0 bridgehead atoms. The second kappa shape index (κ2) is 7.88. The molecule has 1 aromatic rings. The highest BCUT2D eigenvalue weighted by molar-refractivity contribution is 5.68. The quantitative estimate of drug-likeness (QED) is 0.840. The first-order valence-electron chi connectivity index (χ1n) is 7.67. The maximum absolute atomic E-state index is 12.9. The molecular weight excluding hydrogens is 323 g/mol. The topological polar surface area (TPSA) is 47.6 Å². The zero-order chi connectivity index (χ0) is 18.5. The Kier molecular flexibility index (Phi) is 6.66. The number of nitrogens with one attached hydrogen (secondary N) is 1. The Labute approximate surface area is 140 Å². The van der Waals surface area contributed by atoms with Crippen LogP contribution in [-0.2, 0) is 15.7 Å². The van der Waals surface area contributed by atoms with Gasteiger partial charge in [0.05, 0.1) is 24.3 Å². The molecular formula is C17H24F3NO3. The molecule has 0 saturated carbocycles. The van der Waals surface area contributed by atoms with E-state index >= 15 is 0 Å². The summed E-state index contributed by atoms with van der Waals surface area (Å²) in [5.41, 5.74) is -1.18. The Hall–Kier alpha value is -1.76. The first-order valence-corrected chi connectivity index (χ1v) is 7.67. The lowest BCUT2D eigenvalue weighted by atomic mass is 10.0. The number of hydrogen-bond acceptors (Lipinski definition) is 3. The number of carbonyl (C=O) groups excluding carboxylic acids is 1. The SMILES string of the molecule is CC(C)OCC(NC(=O)OC(C)(C)C)c1cccc(C(F)(F)F)c1. The van der Waals surface area contributed by atoms with Gasteiger partial charge < -0.3 is 14.8 Å². The van der Waals surface area contributed by atoms with Gasteiger partial charge in [-0.25, -0.2) is 4.79 Å². The van der Waals surface area contributed by atoms with Crippen molar-refractivity contribution < 1.29 is 27.4 Å². The zero-order valence-corrected chi connectivity index (χ0v) is 14.5. The summed E-state index contributed by atoms with van der Waals surface area (Å²) < 4.78 is 49.3. The third-order valence-electron chi connectivity index (χ3n) is 2.90. The molecule has 7 heteroatoms. The summed E-state index contributed by atoms with van der Waals surface area (Å²) >= 11 is 0. The van der Waals surface area contributed by atoms with Crippen LogP contribution in [0.25, 0.3) is 0 Å². The summed E-state index contributed by atoms with van der Waals surface area (Å²) in [6, 6.07) is 4.06. The van der Waals surface area contributed by atoms with Crippen molar-refractivity contribution in [3.63, 3.8) is 0 Å². The highest BCUT2D eigenvalue weighted by Gasteiger charge is 2.31. The Bertz CT molecular complexity index is 551. The van der Waals surface area contributed by atoms with E-state index in [1.807, 2.05) is 0 Å². The van der Waals surface area contributed by atoms with Gasteiger partial charge >= 0.3 is 12.3 Å². The minimum absolute atomic E-state index is 0.0399. The zero-order valence-electron chi connectivity index (χ0n) is 14.5. The van der Waals surface area contributed by atoms with Crippen LogP contribution in [0, 0.1) is 0 Å². The van der Waals surface area contributed by atoms with Crippen molar-refractivity contribution in [2.45, 2.75) is 58.5 Å². The van der Waals surface area contributed by atoms with Crippen molar-refractivity contribution in [3.8, 4) is 0 Å². The first-order chi connectivity index (χ1) is 10.9. The Morgan fingerprint density at radius 1 is 1.21 bits per heavy atom. The van der Waals surface area contributed by atoms with Crippen LogP contribution in [0.15, 0.2) is 24.3 Å². The lowest BCUT2D eigenvalue weighted by molar-refractivity contribution is -0.137. The Morgan fingerprint density at radius 2 is 1.83 bits per heavy atom. The molecule has 1 amide bonds. The van der Waals surface area contributed by atoms with Gasteiger partial charge in [0.1, 0.15) is 5.60 Å². The minimum Gasteiger partial charge on any atom is -0.444 e. The van der Waals surface area contributed by atoms with Gasteiger partial charge in [-0.3, -0.25) is 0 Å². The molecule has 0 aliphatic rings. The molecule has 24 heavy (non-hydrogen) atoms. The molecule has 0 aliphatic heterocycles. The van der Waals surface area contributed by atoms with Crippen LogP contribution in [0.1, 0.15) is 51.8 Å². The van der Waals surface area contributed by atoms with E-state index in [4.69, 9.17) is 9.47 Å². The van der Waals surface area contributed by atoms with Crippen LogP contribution in [0.4, 0.5) is 18.0 Å². The van der Waals surface area contributed by atoms with Gasteiger partial charge in [-0.15, -0.1) is 0 Å². The smallest absolute Gasteiger partial charge is 0.416 e. The molecule has 0 aromatic heterocycles. The van der Waals surface area contributed by atoms with E-state index in [1.165, 1.54) is 12.1 Å². The van der Waals surface area contributed by atoms with Crippen molar-refractivity contribution in [2.75, 3.05) is 6.61 Å². The summed E-state index contributed by atoms with van der Waals surface area (Å²) in [5, 5.41) is 2.57. The highest BCUT2D eigenvalue weighted by Crippen LogP contribution is 2.31. The van der Waals surface area contributed by atoms with E-state index in [2.05, 4.69) is 5.32 Å². The van der Waals surface area contributed by atoms with Crippen LogP contribution < -0.4 is 5.32 Å². The average Bonchev–Trinajstić information content (AvgIpc) is 2.40. The van der Waals surface area contributed by atoms with Gasteiger partial charge in [0.2, 0.25) is 0 Å². The van der Waals surface area contributed by atoms with E-state index in [9.17, 15) is 18.0 Å². The van der Waals surface area contributed by atoms with Gasteiger partial charge in [-0.2, -0.15) is 13.2 Å². The lowest BCUT2D eigenvalue weighted by Crippen LogP contribution is -2.37. The van der Waals surface area contributed by atoms with Crippen molar-refractivity contribution in [1.82, 2.24) is 5.32 Å². The molecule has 136 valence electrons. The lowest BCUT2D eigenvalue weighted by Gasteiger charge is -2.25. The number of rotatable bonds is 5. The fourth-order valence-corrected chi connectivity index (χ4v) is 1.89. The summed E-state index contributed by atoms with van der Waals surface area (Å²) in [7, 11) is 0. The van der Waals surface area contributed by atoms with E-state index < -0.39 is 29.5 Å². The third kappa shape index (κ3) is 7.21. The van der Waals surface area contributed by atoms with Gasteiger partial charge in [0, 0.05) is 0 Å². The Balaban J connectivity index is 2.99. The standard InChI is InChI=1S/C17H24F3NO3/c1-11(2)23-10-14(21-15(22)24-16(3,4)5)12-7-6-8-13(9-12)17(18,19)20/h6-9,11,14H,10H2,1-5H3,(H,21,22). The summed E-state index contributed by atoms with van der Waals surface area (Å²) in [5.74, 6) is 0.